The van der Waals surface area contributed by atoms with Crippen molar-refractivity contribution in [2.45, 2.75) is 62.4 Å². The van der Waals surface area contributed by atoms with Crippen molar-refractivity contribution in [3.05, 3.63) is 35.4 Å². The Labute approximate surface area is 116 Å². The Kier molecular flexibility index (Phi) is 3.98. The summed E-state index contributed by atoms with van der Waals surface area (Å²) in [6.07, 6.45) is 10.3. The monoisotopic (exact) mass is 260 g/mol. The topological polar surface area (TPSA) is 0 Å². The molecule has 2 fully saturated rings. The SMILES string of the molecule is Cc1ccc(C2CCC(C3CCCCC3)S2)cc1. The number of aryl methyl sites for hydroxylation is 1. The molecule has 0 radical (unpaired) electrons. The fourth-order valence-corrected chi connectivity index (χ4v) is 5.32. The summed E-state index contributed by atoms with van der Waals surface area (Å²) in [6, 6.07) is 9.22. The molecule has 98 valence electrons. The molecule has 2 unspecified atom stereocenters. The minimum absolute atomic E-state index is 0.775. The highest BCUT2D eigenvalue weighted by Crippen LogP contribution is 2.49. The molecular formula is C17H24S. The van der Waals surface area contributed by atoms with Gasteiger partial charge in [0.05, 0.1) is 0 Å². The van der Waals surface area contributed by atoms with Gasteiger partial charge in [-0.15, -0.1) is 0 Å². The van der Waals surface area contributed by atoms with E-state index in [0.29, 0.717) is 0 Å². The summed E-state index contributed by atoms with van der Waals surface area (Å²) in [5, 5.41) is 1.73. The molecule has 1 saturated carbocycles. The summed E-state index contributed by atoms with van der Waals surface area (Å²) in [4.78, 5) is 0. The van der Waals surface area contributed by atoms with E-state index < -0.39 is 0 Å². The molecule has 0 bridgehead atoms. The maximum absolute atomic E-state index is 2.34. The van der Waals surface area contributed by atoms with Gasteiger partial charge >= 0.3 is 0 Å². The zero-order chi connectivity index (χ0) is 12.4. The van der Waals surface area contributed by atoms with Crippen molar-refractivity contribution in [3.63, 3.8) is 0 Å². The highest BCUT2D eigenvalue weighted by molar-refractivity contribution is 8.00. The molecule has 2 atom stereocenters. The summed E-state index contributed by atoms with van der Waals surface area (Å²) in [7, 11) is 0. The first-order valence-electron chi connectivity index (χ1n) is 7.55. The Morgan fingerprint density at radius 2 is 1.61 bits per heavy atom. The van der Waals surface area contributed by atoms with Crippen LogP contribution in [0.15, 0.2) is 24.3 Å². The number of hydrogen-bond donors (Lipinski definition) is 0. The van der Waals surface area contributed by atoms with Crippen LogP contribution in [-0.2, 0) is 0 Å². The third-order valence-electron chi connectivity index (χ3n) is 4.68. The van der Waals surface area contributed by atoms with Crippen LogP contribution in [0, 0.1) is 12.8 Å². The first-order chi connectivity index (χ1) is 8.83. The molecular weight excluding hydrogens is 236 g/mol. The molecule has 2 aliphatic rings. The maximum Gasteiger partial charge on any atom is 0.0300 e. The van der Waals surface area contributed by atoms with E-state index >= 15 is 0 Å². The molecule has 3 rings (SSSR count). The van der Waals surface area contributed by atoms with Gasteiger partial charge in [-0.1, -0.05) is 49.1 Å². The van der Waals surface area contributed by atoms with Crippen LogP contribution in [0.5, 0.6) is 0 Å². The van der Waals surface area contributed by atoms with Crippen molar-refractivity contribution in [2.24, 2.45) is 5.92 Å². The predicted octanol–water partition coefficient (Wildman–Crippen LogP) is 5.51. The van der Waals surface area contributed by atoms with Crippen molar-refractivity contribution in [1.82, 2.24) is 0 Å². The molecule has 0 N–H and O–H groups in total. The van der Waals surface area contributed by atoms with E-state index in [-0.39, 0.29) is 0 Å². The zero-order valence-corrected chi connectivity index (χ0v) is 12.2. The third kappa shape index (κ3) is 2.77. The van der Waals surface area contributed by atoms with Crippen molar-refractivity contribution < 1.29 is 0 Å². The van der Waals surface area contributed by atoms with Gasteiger partial charge in [0.2, 0.25) is 0 Å². The largest absolute Gasteiger partial charge is 0.150 e. The van der Waals surface area contributed by atoms with E-state index in [1.54, 1.807) is 5.56 Å². The van der Waals surface area contributed by atoms with Gasteiger partial charge in [0, 0.05) is 10.5 Å². The lowest BCUT2D eigenvalue weighted by molar-refractivity contribution is 0.344. The van der Waals surface area contributed by atoms with Crippen LogP contribution in [0.3, 0.4) is 0 Å². The molecule has 1 aliphatic heterocycles. The summed E-state index contributed by atoms with van der Waals surface area (Å²) in [6.45, 7) is 2.18. The molecule has 0 spiro atoms. The van der Waals surface area contributed by atoms with Gasteiger partial charge in [0.15, 0.2) is 0 Å². The van der Waals surface area contributed by atoms with E-state index in [0.717, 1.165) is 16.4 Å². The van der Waals surface area contributed by atoms with Crippen LogP contribution in [-0.4, -0.2) is 5.25 Å². The molecule has 0 aromatic heterocycles. The van der Waals surface area contributed by atoms with Gasteiger partial charge in [-0.25, -0.2) is 0 Å². The fraction of sp³-hybridized carbons (Fsp3) is 0.647. The average molecular weight is 260 g/mol. The van der Waals surface area contributed by atoms with E-state index in [1.165, 1.54) is 50.5 Å². The summed E-state index contributed by atoms with van der Waals surface area (Å²) < 4.78 is 0. The van der Waals surface area contributed by atoms with E-state index in [9.17, 15) is 0 Å². The van der Waals surface area contributed by atoms with Crippen molar-refractivity contribution in [3.8, 4) is 0 Å². The van der Waals surface area contributed by atoms with Crippen LogP contribution in [0.2, 0.25) is 0 Å². The van der Waals surface area contributed by atoms with E-state index in [4.69, 9.17) is 0 Å². The average Bonchev–Trinajstić information content (AvgIpc) is 2.90. The summed E-state index contributed by atoms with van der Waals surface area (Å²) in [5.41, 5.74) is 2.94. The van der Waals surface area contributed by atoms with Crippen LogP contribution in [0.25, 0.3) is 0 Å². The Morgan fingerprint density at radius 3 is 2.33 bits per heavy atom. The fourth-order valence-electron chi connectivity index (χ4n) is 3.54. The zero-order valence-electron chi connectivity index (χ0n) is 11.4. The lowest BCUT2D eigenvalue weighted by atomic mass is 9.85. The number of rotatable bonds is 2. The highest BCUT2D eigenvalue weighted by atomic mass is 32.2. The van der Waals surface area contributed by atoms with Crippen molar-refractivity contribution >= 4 is 11.8 Å². The molecule has 1 aromatic rings. The molecule has 0 nitrogen and oxygen atoms in total. The molecule has 1 heterocycles. The first kappa shape index (κ1) is 12.6. The maximum atomic E-state index is 2.34. The second kappa shape index (κ2) is 5.69. The predicted molar refractivity (Wildman–Crippen MR) is 81.1 cm³/mol. The van der Waals surface area contributed by atoms with Gasteiger partial charge in [-0.3, -0.25) is 0 Å². The Hall–Kier alpha value is -0.430. The Bertz CT molecular complexity index is 375. The van der Waals surface area contributed by atoms with Crippen molar-refractivity contribution in [2.75, 3.05) is 0 Å². The minimum atomic E-state index is 0.775. The smallest absolute Gasteiger partial charge is 0.0300 e. The second-order valence-electron chi connectivity index (χ2n) is 6.05. The van der Waals surface area contributed by atoms with Gasteiger partial charge in [-0.2, -0.15) is 11.8 Å². The normalized spacial score (nSPS) is 29.6. The molecule has 1 saturated heterocycles. The molecule has 0 amide bonds. The number of benzene rings is 1. The quantitative estimate of drug-likeness (QED) is 0.675. The van der Waals surface area contributed by atoms with Gasteiger partial charge in [0.1, 0.15) is 0 Å². The molecule has 1 aliphatic carbocycles. The minimum Gasteiger partial charge on any atom is -0.150 e. The van der Waals surface area contributed by atoms with Gasteiger partial charge < -0.3 is 0 Å². The number of thioether (sulfide) groups is 1. The van der Waals surface area contributed by atoms with E-state index in [1.807, 2.05) is 0 Å². The Morgan fingerprint density at radius 1 is 0.889 bits per heavy atom. The summed E-state index contributed by atoms with van der Waals surface area (Å²) >= 11 is 2.28. The standard InChI is InChI=1S/C17H24S/c1-13-7-9-15(10-8-13)17-12-11-16(18-17)14-5-3-2-4-6-14/h7-10,14,16-17H,2-6,11-12H2,1H3. The lowest BCUT2D eigenvalue weighted by Crippen LogP contribution is -2.17. The van der Waals surface area contributed by atoms with Crippen LogP contribution in [0.1, 0.15) is 61.3 Å². The molecule has 18 heavy (non-hydrogen) atoms. The summed E-state index contributed by atoms with van der Waals surface area (Å²) in [5.74, 6) is 1.03. The van der Waals surface area contributed by atoms with Crippen LogP contribution < -0.4 is 0 Å². The molecule has 1 heteroatoms. The van der Waals surface area contributed by atoms with Crippen LogP contribution in [0.4, 0.5) is 0 Å². The van der Waals surface area contributed by atoms with E-state index in [2.05, 4.69) is 43.0 Å². The highest BCUT2D eigenvalue weighted by Gasteiger charge is 2.32. The lowest BCUT2D eigenvalue weighted by Gasteiger charge is -2.27. The van der Waals surface area contributed by atoms with Crippen molar-refractivity contribution in [1.29, 1.82) is 0 Å². The second-order valence-corrected chi connectivity index (χ2v) is 7.50. The third-order valence-corrected chi connectivity index (χ3v) is 6.48. The number of hydrogen-bond acceptors (Lipinski definition) is 1. The van der Waals surface area contributed by atoms with Gasteiger partial charge in [0.25, 0.3) is 0 Å². The molecule has 1 aromatic carbocycles. The first-order valence-corrected chi connectivity index (χ1v) is 8.49. The Balaban J connectivity index is 1.62. The van der Waals surface area contributed by atoms with Gasteiger partial charge in [-0.05, 0) is 44.1 Å². The van der Waals surface area contributed by atoms with Crippen LogP contribution >= 0.6 is 11.8 Å².